The van der Waals surface area contributed by atoms with Crippen molar-refractivity contribution in [3.63, 3.8) is 0 Å². The molecule has 3 heterocycles. The van der Waals surface area contributed by atoms with Gasteiger partial charge < -0.3 is 16.0 Å². The van der Waals surface area contributed by atoms with Crippen LogP contribution in [0, 0.1) is 12.8 Å². The van der Waals surface area contributed by atoms with Crippen LogP contribution >= 0.6 is 0 Å². The first kappa shape index (κ1) is 12.7. The molecule has 0 amide bonds. The molecule has 0 unspecified atom stereocenters. The molecule has 5 heteroatoms. The van der Waals surface area contributed by atoms with Crippen molar-refractivity contribution in [2.24, 2.45) is 5.92 Å². The van der Waals surface area contributed by atoms with Gasteiger partial charge in [0.05, 0.1) is 0 Å². The summed E-state index contributed by atoms with van der Waals surface area (Å²) in [6.45, 7) is 7.49. The maximum atomic E-state index is 5.83. The Morgan fingerprint density at radius 3 is 2.95 bits per heavy atom. The average molecular weight is 261 g/mol. The number of anilines is 2. The molecule has 1 aromatic heterocycles. The minimum absolute atomic E-state index is 0.396. The molecule has 0 aromatic carbocycles. The van der Waals surface area contributed by atoms with Crippen LogP contribution in [-0.4, -0.2) is 35.6 Å². The largest absolute Gasteiger partial charge is 0.368 e. The highest BCUT2D eigenvalue weighted by Crippen LogP contribution is 2.31. The Balaban J connectivity index is 1.90. The van der Waals surface area contributed by atoms with Crippen LogP contribution in [0.3, 0.4) is 0 Å². The maximum absolute atomic E-state index is 5.83. The Hall–Kier alpha value is -1.36. The highest BCUT2D eigenvalue weighted by atomic mass is 15.3. The van der Waals surface area contributed by atoms with Gasteiger partial charge in [0.1, 0.15) is 5.82 Å². The van der Waals surface area contributed by atoms with Gasteiger partial charge in [0.15, 0.2) is 0 Å². The van der Waals surface area contributed by atoms with Gasteiger partial charge in [-0.15, -0.1) is 0 Å². The van der Waals surface area contributed by atoms with E-state index >= 15 is 0 Å². The molecule has 2 saturated heterocycles. The molecule has 3 N–H and O–H groups in total. The van der Waals surface area contributed by atoms with Gasteiger partial charge in [0, 0.05) is 30.4 Å². The van der Waals surface area contributed by atoms with Crippen molar-refractivity contribution in [1.82, 2.24) is 15.3 Å². The van der Waals surface area contributed by atoms with Crippen LogP contribution in [0.2, 0.25) is 0 Å². The van der Waals surface area contributed by atoms with Crippen LogP contribution in [0.25, 0.3) is 0 Å². The molecule has 0 aliphatic carbocycles. The molecule has 2 fully saturated rings. The molecule has 5 nitrogen and oxygen atoms in total. The molecule has 1 aromatic rings. The van der Waals surface area contributed by atoms with Crippen molar-refractivity contribution in [3.8, 4) is 0 Å². The molecular weight excluding hydrogens is 238 g/mol. The van der Waals surface area contributed by atoms with Gasteiger partial charge in [-0.2, -0.15) is 4.98 Å². The Labute approximate surface area is 114 Å². The van der Waals surface area contributed by atoms with Crippen LogP contribution in [0.4, 0.5) is 11.8 Å². The summed E-state index contributed by atoms with van der Waals surface area (Å²) in [5.41, 5.74) is 8.10. The number of piperidine rings is 1. The van der Waals surface area contributed by atoms with E-state index in [4.69, 9.17) is 5.73 Å². The number of nitrogens with two attached hydrogens (primary N) is 1. The summed E-state index contributed by atoms with van der Waals surface area (Å²) in [5.74, 6) is 2.21. The second-order valence-corrected chi connectivity index (χ2v) is 5.69. The molecule has 0 radical (unpaired) electrons. The first-order valence-corrected chi connectivity index (χ1v) is 7.30. The summed E-state index contributed by atoms with van der Waals surface area (Å²) in [4.78, 5) is 11.2. The van der Waals surface area contributed by atoms with Gasteiger partial charge in [-0.1, -0.05) is 6.92 Å². The lowest BCUT2D eigenvalue weighted by Crippen LogP contribution is -2.40. The summed E-state index contributed by atoms with van der Waals surface area (Å²) >= 11 is 0. The Bertz CT molecular complexity index is 459. The number of rotatable bonds is 2. The molecule has 0 saturated carbocycles. The number of nitrogens with zero attached hydrogens (tertiary/aromatic N) is 3. The smallest absolute Gasteiger partial charge is 0.222 e. The first-order chi connectivity index (χ1) is 9.19. The zero-order valence-electron chi connectivity index (χ0n) is 11.8. The van der Waals surface area contributed by atoms with Crippen molar-refractivity contribution in [2.45, 2.75) is 39.2 Å². The zero-order chi connectivity index (χ0) is 13.4. The van der Waals surface area contributed by atoms with E-state index in [1.165, 1.54) is 18.4 Å². The van der Waals surface area contributed by atoms with Crippen molar-refractivity contribution >= 4 is 11.8 Å². The number of nitrogen functional groups attached to an aromatic ring is 1. The predicted molar refractivity (Wildman–Crippen MR) is 77.3 cm³/mol. The molecule has 0 bridgehead atoms. The minimum atomic E-state index is 0.396. The van der Waals surface area contributed by atoms with Crippen LogP contribution in [0.15, 0.2) is 0 Å². The monoisotopic (exact) mass is 261 g/mol. The molecule has 3 rings (SSSR count). The van der Waals surface area contributed by atoms with Crippen molar-refractivity contribution < 1.29 is 0 Å². The van der Waals surface area contributed by atoms with E-state index in [1.54, 1.807) is 0 Å². The van der Waals surface area contributed by atoms with E-state index in [-0.39, 0.29) is 0 Å². The number of fused-ring (bicyclic) bond motifs is 1. The zero-order valence-corrected chi connectivity index (χ0v) is 11.8. The third-order valence-electron chi connectivity index (χ3n) is 4.46. The second kappa shape index (κ2) is 4.96. The number of hydrogen-bond acceptors (Lipinski definition) is 5. The Morgan fingerprint density at radius 1 is 1.37 bits per heavy atom. The maximum Gasteiger partial charge on any atom is 0.222 e. The molecule has 104 valence electrons. The molecule has 0 spiro atoms. The van der Waals surface area contributed by atoms with E-state index < -0.39 is 0 Å². The van der Waals surface area contributed by atoms with E-state index in [0.717, 1.165) is 43.5 Å². The van der Waals surface area contributed by atoms with Gasteiger partial charge in [0.25, 0.3) is 0 Å². The molecule has 2 atom stereocenters. The molecular formula is C14H23N5. The van der Waals surface area contributed by atoms with Crippen LogP contribution in [0.1, 0.15) is 31.0 Å². The van der Waals surface area contributed by atoms with Crippen molar-refractivity contribution in [1.29, 1.82) is 0 Å². The highest BCUT2D eigenvalue weighted by Gasteiger charge is 2.35. The molecule has 19 heavy (non-hydrogen) atoms. The standard InChI is InChI=1S/C14H23N5/c1-3-11-9(2)17-14(15)18-13(11)19-7-10-5-4-6-16-12(10)8-19/h10,12,16H,3-8H2,1-2H3,(H2,15,17,18)/t10-,12+/m1/s1. The third-order valence-corrected chi connectivity index (χ3v) is 4.46. The quantitative estimate of drug-likeness (QED) is 0.835. The van der Waals surface area contributed by atoms with E-state index in [9.17, 15) is 0 Å². The summed E-state index contributed by atoms with van der Waals surface area (Å²) in [5, 5.41) is 3.63. The number of hydrogen-bond donors (Lipinski definition) is 2. The summed E-state index contributed by atoms with van der Waals surface area (Å²) < 4.78 is 0. The summed E-state index contributed by atoms with van der Waals surface area (Å²) in [7, 11) is 0. The highest BCUT2D eigenvalue weighted by molar-refractivity contribution is 5.53. The lowest BCUT2D eigenvalue weighted by molar-refractivity contribution is 0.340. The predicted octanol–water partition coefficient (Wildman–Crippen LogP) is 1.12. The minimum Gasteiger partial charge on any atom is -0.368 e. The molecule has 2 aliphatic rings. The van der Waals surface area contributed by atoms with Gasteiger partial charge in [-0.3, -0.25) is 0 Å². The Morgan fingerprint density at radius 2 is 2.21 bits per heavy atom. The molecule has 2 aliphatic heterocycles. The first-order valence-electron chi connectivity index (χ1n) is 7.30. The van der Waals surface area contributed by atoms with E-state index in [0.29, 0.717) is 12.0 Å². The second-order valence-electron chi connectivity index (χ2n) is 5.69. The third kappa shape index (κ3) is 2.27. The van der Waals surface area contributed by atoms with E-state index in [2.05, 4.69) is 27.1 Å². The summed E-state index contributed by atoms with van der Waals surface area (Å²) in [6.07, 6.45) is 3.58. The lowest BCUT2D eigenvalue weighted by atomic mass is 9.94. The number of nitrogens with one attached hydrogen (secondary N) is 1. The Kier molecular flexibility index (Phi) is 3.31. The fourth-order valence-electron chi connectivity index (χ4n) is 3.50. The number of aryl methyl sites for hydroxylation is 1. The topological polar surface area (TPSA) is 67.1 Å². The van der Waals surface area contributed by atoms with Gasteiger partial charge in [-0.25, -0.2) is 4.98 Å². The normalized spacial score (nSPS) is 26.5. The van der Waals surface area contributed by atoms with Crippen molar-refractivity contribution in [2.75, 3.05) is 30.3 Å². The average Bonchev–Trinajstić information content (AvgIpc) is 2.81. The van der Waals surface area contributed by atoms with Crippen molar-refractivity contribution in [3.05, 3.63) is 11.3 Å². The SMILES string of the molecule is CCc1c(C)nc(N)nc1N1C[C@H]2CCCN[C@H]2C1. The summed E-state index contributed by atoms with van der Waals surface area (Å²) in [6, 6.07) is 0.620. The van der Waals surface area contributed by atoms with Crippen LogP contribution in [0.5, 0.6) is 0 Å². The van der Waals surface area contributed by atoms with Crippen LogP contribution < -0.4 is 16.0 Å². The van der Waals surface area contributed by atoms with Gasteiger partial charge in [0.2, 0.25) is 5.95 Å². The fraction of sp³-hybridized carbons (Fsp3) is 0.714. The van der Waals surface area contributed by atoms with Crippen LogP contribution in [-0.2, 0) is 6.42 Å². The van der Waals surface area contributed by atoms with Gasteiger partial charge in [-0.05, 0) is 38.6 Å². The van der Waals surface area contributed by atoms with Gasteiger partial charge >= 0.3 is 0 Å². The van der Waals surface area contributed by atoms with E-state index in [1.807, 2.05) is 6.92 Å². The lowest BCUT2D eigenvalue weighted by Gasteiger charge is -2.24. The fourth-order valence-corrected chi connectivity index (χ4v) is 3.50. The number of aromatic nitrogens is 2.